The van der Waals surface area contributed by atoms with E-state index in [1.165, 1.54) is 64.2 Å². The van der Waals surface area contributed by atoms with Gasteiger partial charge in [-0.1, -0.05) is 63.5 Å². The predicted molar refractivity (Wildman–Crippen MR) is 157 cm³/mol. The zero-order valence-corrected chi connectivity index (χ0v) is 24.4. The number of carbonyl (C=O) groups excluding carboxylic acids is 2. The maximum Gasteiger partial charge on any atom is 0.312 e. The van der Waals surface area contributed by atoms with Gasteiger partial charge >= 0.3 is 11.9 Å². The van der Waals surface area contributed by atoms with Crippen LogP contribution in [0.2, 0.25) is 0 Å². The van der Waals surface area contributed by atoms with Gasteiger partial charge in [0.2, 0.25) is 0 Å². The molecule has 0 spiro atoms. The number of aromatic nitrogens is 2. The van der Waals surface area contributed by atoms with E-state index in [4.69, 9.17) is 9.47 Å². The average molecular weight is 551 g/mol. The lowest BCUT2D eigenvalue weighted by atomic mass is 10.1. The van der Waals surface area contributed by atoms with Crippen LogP contribution in [0.5, 0.6) is 0 Å². The first-order chi connectivity index (χ1) is 19.7. The number of aryl methyl sites for hydroxylation is 2. The third kappa shape index (κ3) is 13.9. The van der Waals surface area contributed by atoms with Gasteiger partial charge in [0.1, 0.15) is 12.8 Å². The van der Waals surface area contributed by atoms with Crippen molar-refractivity contribution in [1.82, 2.24) is 0 Å². The molecule has 0 unspecified atom stereocenters. The second kappa shape index (κ2) is 19.9. The van der Waals surface area contributed by atoms with Crippen LogP contribution in [0.15, 0.2) is 61.2 Å². The summed E-state index contributed by atoms with van der Waals surface area (Å²) in [6.07, 6.45) is 30.0. The van der Waals surface area contributed by atoms with Crippen LogP contribution in [0.3, 0.4) is 0 Å². The molecule has 3 aliphatic heterocycles. The maximum atomic E-state index is 12.1. The minimum absolute atomic E-state index is 0.128. The number of ether oxygens (including phenoxy) is 2. The molecule has 0 atom stereocenters. The number of rotatable bonds is 0. The SMILES string of the molecule is O=C1CC[n+]2ccc(cc2)-c2cc[n+](cc2)CCC(=O)OCCCCCCCCC=CCCCCCCCCO1. The number of fused-ring (bicyclic) bond motifs is 2. The first-order valence-corrected chi connectivity index (χ1v) is 15.7. The topological polar surface area (TPSA) is 60.4 Å². The molecule has 0 saturated heterocycles. The molecule has 0 radical (unpaired) electrons. The maximum absolute atomic E-state index is 12.1. The summed E-state index contributed by atoms with van der Waals surface area (Å²) in [7, 11) is 0. The van der Waals surface area contributed by atoms with Crippen molar-refractivity contribution in [3.63, 3.8) is 0 Å². The summed E-state index contributed by atoms with van der Waals surface area (Å²) in [6, 6.07) is 8.24. The summed E-state index contributed by atoms with van der Waals surface area (Å²) in [6.45, 7) is 2.28. The normalized spacial score (nSPS) is 18.9. The molecule has 6 nitrogen and oxygen atoms in total. The zero-order valence-electron chi connectivity index (χ0n) is 24.4. The monoisotopic (exact) mass is 550 g/mol. The fourth-order valence-corrected chi connectivity index (χ4v) is 4.93. The molecular weight excluding hydrogens is 500 g/mol. The molecule has 5 rings (SSSR count). The molecule has 0 saturated carbocycles. The van der Waals surface area contributed by atoms with Gasteiger partial charge in [0, 0.05) is 24.3 Å². The number of hydrogen-bond donors (Lipinski definition) is 0. The van der Waals surface area contributed by atoms with E-state index in [0.29, 0.717) is 39.1 Å². The van der Waals surface area contributed by atoms with Crippen LogP contribution in [-0.2, 0) is 32.2 Å². The Balaban J connectivity index is 1.44. The van der Waals surface area contributed by atoms with Gasteiger partial charge in [-0.05, 0) is 49.7 Å². The fourth-order valence-electron chi connectivity index (χ4n) is 4.93. The van der Waals surface area contributed by atoms with Crippen molar-refractivity contribution in [2.75, 3.05) is 13.2 Å². The van der Waals surface area contributed by atoms with Gasteiger partial charge < -0.3 is 9.47 Å². The Labute approximate surface area is 241 Å². The minimum atomic E-state index is -0.128. The highest BCUT2D eigenvalue weighted by Gasteiger charge is 2.11. The Morgan fingerprint density at radius 3 is 1.23 bits per heavy atom. The predicted octanol–water partition coefficient (Wildman–Crippen LogP) is 6.83. The van der Waals surface area contributed by atoms with Crippen LogP contribution < -0.4 is 9.13 Å². The second-order valence-corrected chi connectivity index (χ2v) is 10.9. The number of hydrogen-bond acceptors (Lipinski definition) is 4. The van der Waals surface area contributed by atoms with Gasteiger partial charge in [-0.15, -0.1) is 0 Å². The van der Waals surface area contributed by atoms with E-state index in [2.05, 4.69) is 36.4 Å². The Bertz CT molecular complexity index is 920. The molecule has 2 aromatic rings. The van der Waals surface area contributed by atoms with Crippen molar-refractivity contribution in [1.29, 1.82) is 0 Å². The highest BCUT2D eigenvalue weighted by Crippen LogP contribution is 2.16. The molecule has 5 heterocycles. The highest BCUT2D eigenvalue weighted by atomic mass is 16.5. The van der Waals surface area contributed by atoms with Crippen LogP contribution in [0, 0.1) is 0 Å². The molecule has 6 heteroatoms. The largest absolute Gasteiger partial charge is 0.465 e. The van der Waals surface area contributed by atoms with Gasteiger partial charge in [-0.25, -0.2) is 9.13 Å². The minimum Gasteiger partial charge on any atom is -0.465 e. The number of pyridine rings is 2. The molecule has 40 heavy (non-hydrogen) atoms. The van der Waals surface area contributed by atoms with Gasteiger partial charge in [0.25, 0.3) is 0 Å². The van der Waals surface area contributed by atoms with Crippen molar-refractivity contribution in [2.45, 2.75) is 116 Å². The number of esters is 2. The lowest BCUT2D eigenvalue weighted by molar-refractivity contribution is -0.696. The van der Waals surface area contributed by atoms with E-state index in [1.807, 2.05) is 33.9 Å². The van der Waals surface area contributed by atoms with E-state index in [0.717, 1.165) is 36.8 Å². The standard InChI is InChI=1S/C34H50N2O4/c37-33-21-27-35-23-17-31(18-24-35)32-19-25-36(26-20-32)28-22-34(38)40-30-16-14-12-10-8-6-4-2-1-3-5-7-9-11-13-15-29-39-33/h1-2,17-20,23-26H,3-16,21-22,27-30H2/q+2. The molecule has 0 amide bonds. The highest BCUT2D eigenvalue weighted by molar-refractivity contribution is 5.69. The van der Waals surface area contributed by atoms with E-state index >= 15 is 0 Å². The molecule has 4 bridgehead atoms. The summed E-state index contributed by atoms with van der Waals surface area (Å²) >= 11 is 0. The van der Waals surface area contributed by atoms with Crippen LogP contribution in [0.25, 0.3) is 11.1 Å². The zero-order chi connectivity index (χ0) is 28.1. The second-order valence-electron chi connectivity index (χ2n) is 10.9. The summed E-state index contributed by atoms with van der Waals surface area (Å²) in [4.78, 5) is 24.3. The van der Waals surface area contributed by atoms with Crippen molar-refractivity contribution >= 4 is 11.9 Å². The Morgan fingerprint density at radius 2 is 0.825 bits per heavy atom. The van der Waals surface area contributed by atoms with Gasteiger partial charge in [-0.3, -0.25) is 9.59 Å². The van der Waals surface area contributed by atoms with E-state index < -0.39 is 0 Å². The molecular formula is C34H50N2O4+2. The van der Waals surface area contributed by atoms with Crippen molar-refractivity contribution in [2.24, 2.45) is 0 Å². The summed E-state index contributed by atoms with van der Waals surface area (Å²) in [5.74, 6) is -0.256. The lowest BCUT2D eigenvalue weighted by Crippen LogP contribution is -2.34. The summed E-state index contributed by atoms with van der Waals surface area (Å²) in [5.41, 5.74) is 2.22. The molecule has 0 aliphatic carbocycles. The van der Waals surface area contributed by atoms with Crippen molar-refractivity contribution < 1.29 is 28.2 Å². The molecule has 0 N–H and O–H groups in total. The van der Waals surface area contributed by atoms with Crippen molar-refractivity contribution in [3.8, 4) is 11.1 Å². The van der Waals surface area contributed by atoms with Crippen LogP contribution in [0.1, 0.15) is 103 Å². The van der Waals surface area contributed by atoms with Crippen LogP contribution >= 0.6 is 0 Å². The number of allylic oxidation sites excluding steroid dienone is 2. The third-order valence-corrected chi connectivity index (χ3v) is 7.49. The quantitative estimate of drug-likeness (QED) is 0.205. The molecule has 0 fully saturated rings. The van der Waals surface area contributed by atoms with Crippen molar-refractivity contribution in [3.05, 3.63) is 61.2 Å². The summed E-state index contributed by atoms with van der Waals surface area (Å²) < 4.78 is 14.9. The molecule has 218 valence electrons. The number of nitrogens with zero attached hydrogens (tertiary/aromatic N) is 2. The number of carbonyl (C=O) groups is 2. The smallest absolute Gasteiger partial charge is 0.312 e. The lowest BCUT2D eigenvalue weighted by Gasteiger charge is -2.05. The van der Waals surface area contributed by atoms with E-state index in [-0.39, 0.29) is 11.9 Å². The van der Waals surface area contributed by atoms with Crippen LogP contribution in [0.4, 0.5) is 0 Å². The Kier molecular flexibility index (Phi) is 15.7. The molecule has 2 aromatic heterocycles. The Hall–Kier alpha value is -3.02. The molecule has 0 aromatic carbocycles. The molecule has 3 aliphatic rings. The van der Waals surface area contributed by atoms with Gasteiger partial charge in [0.15, 0.2) is 37.9 Å². The van der Waals surface area contributed by atoms with E-state index in [9.17, 15) is 9.59 Å². The van der Waals surface area contributed by atoms with E-state index in [1.54, 1.807) is 0 Å². The Morgan fingerprint density at radius 1 is 0.475 bits per heavy atom. The first kappa shape index (κ1) is 31.5. The summed E-state index contributed by atoms with van der Waals surface area (Å²) in [5, 5.41) is 0. The fraction of sp³-hybridized carbons (Fsp3) is 0.588. The van der Waals surface area contributed by atoms with Gasteiger partial charge in [0.05, 0.1) is 13.2 Å². The average Bonchev–Trinajstić information content (AvgIpc) is 2.98. The third-order valence-electron chi connectivity index (χ3n) is 7.49. The van der Waals surface area contributed by atoms with Crippen LogP contribution in [-0.4, -0.2) is 25.2 Å². The van der Waals surface area contributed by atoms with Gasteiger partial charge in [-0.2, -0.15) is 0 Å². The first-order valence-electron chi connectivity index (χ1n) is 15.7.